The van der Waals surface area contributed by atoms with Crippen molar-refractivity contribution in [3.05, 3.63) is 5.53 Å². The minimum atomic E-state index is -0.669. The maximum Gasteiger partial charge on any atom is 0.434 e. The van der Waals surface area contributed by atoms with Crippen LogP contribution in [0.4, 0.5) is 0 Å². The highest BCUT2D eigenvalue weighted by Crippen LogP contribution is 2.14. The Morgan fingerprint density at radius 3 is 2.09 bits per heavy atom. The first-order chi connectivity index (χ1) is 4.93. The second-order valence-corrected chi connectivity index (χ2v) is 3.14. The summed E-state index contributed by atoms with van der Waals surface area (Å²) >= 11 is 0. The Bertz CT molecular complexity index is 260. The molecule has 4 heteroatoms. The number of nitrogens with zero attached hydrogens (tertiary/aromatic N) is 3. The van der Waals surface area contributed by atoms with Gasteiger partial charge in [-0.15, -0.1) is 0 Å². The molecular weight excluding hydrogens is 142 g/mol. The van der Waals surface area contributed by atoms with Crippen LogP contribution in [0.1, 0.15) is 20.8 Å². The van der Waals surface area contributed by atoms with Gasteiger partial charge in [-0.2, -0.15) is 10.1 Å². The summed E-state index contributed by atoms with van der Waals surface area (Å²) in [4.78, 5) is 13.7. The number of carbonyl (C=O) groups excluding carboxylic acids is 1. The fourth-order valence-electron chi connectivity index (χ4n) is 0.474. The second-order valence-electron chi connectivity index (χ2n) is 3.14. The average molecular weight is 151 g/mol. The molecule has 4 nitrogen and oxygen atoms in total. The predicted molar refractivity (Wildman–Crippen MR) is 38.7 cm³/mol. The number of carbonyl (C=O) groups is 1. The molecule has 0 aromatic rings. The molecule has 0 rings (SSSR count). The molecule has 0 aliphatic heterocycles. The van der Waals surface area contributed by atoms with Crippen LogP contribution in [-0.2, 0) is 4.79 Å². The van der Waals surface area contributed by atoms with Crippen molar-refractivity contribution >= 4 is 11.5 Å². The van der Waals surface area contributed by atoms with Crippen LogP contribution in [0.15, 0.2) is 0 Å². The molecule has 0 aliphatic carbocycles. The number of hydrogen-bond donors (Lipinski definition) is 0. The monoisotopic (exact) mass is 151 g/mol. The maximum atomic E-state index is 11.1. The van der Waals surface area contributed by atoms with Gasteiger partial charge >= 0.3 is 5.71 Å². The molecule has 0 N–H and O–H groups in total. The van der Waals surface area contributed by atoms with Gasteiger partial charge in [-0.25, -0.2) is 0 Å². The normalized spacial score (nSPS) is 9.64. The molecule has 0 aromatic heterocycles. The molecule has 11 heavy (non-hydrogen) atoms. The van der Waals surface area contributed by atoms with E-state index in [0.29, 0.717) is 0 Å². The Labute approximate surface area is 65.1 Å². The highest BCUT2D eigenvalue weighted by Gasteiger charge is 2.32. The number of nitriles is 1. The SMILES string of the molecule is CC(C)(C)C(=O)C(C#N)=[N+]=[N-]. The summed E-state index contributed by atoms with van der Waals surface area (Å²) in [6, 6.07) is 1.51. The highest BCUT2D eigenvalue weighted by molar-refractivity contribution is 6.45. The third-order valence-corrected chi connectivity index (χ3v) is 1.10. The Balaban J connectivity index is 4.82. The van der Waals surface area contributed by atoms with E-state index in [1.807, 2.05) is 0 Å². The molecule has 0 aliphatic rings. The molecule has 0 bridgehead atoms. The first kappa shape index (κ1) is 9.54. The second kappa shape index (κ2) is 3.09. The van der Waals surface area contributed by atoms with Crippen molar-refractivity contribution in [3.8, 4) is 6.07 Å². The number of ketones is 1. The van der Waals surface area contributed by atoms with Gasteiger partial charge in [0.2, 0.25) is 0 Å². The number of rotatable bonds is 1. The van der Waals surface area contributed by atoms with Crippen molar-refractivity contribution in [1.29, 1.82) is 5.26 Å². The van der Waals surface area contributed by atoms with Crippen LogP contribution in [0.3, 0.4) is 0 Å². The van der Waals surface area contributed by atoms with E-state index in [2.05, 4.69) is 4.79 Å². The van der Waals surface area contributed by atoms with Gasteiger partial charge in [0.05, 0.1) is 0 Å². The van der Waals surface area contributed by atoms with E-state index in [1.165, 1.54) is 6.07 Å². The first-order valence-electron chi connectivity index (χ1n) is 3.10. The minimum absolute atomic E-state index is 0.447. The standard InChI is InChI=1S/C7H9N3O/c1-7(2,3)6(11)5(4-8)10-9/h1-3H3. The lowest BCUT2D eigenvalue weighted by atomic mass is 9.88. The largest absolute Gasteiger partial charge is 0.434 e. The minimum Gasteiger partial charge on any atom is -0.360 e. The molecule has 0 saturated heterocycles. The fourth-order valence-corrected chi connectivity index (χ4v) is 0.474. The fraction of sp³-hybridized carbons (Fsp3) is 0.571. The molecular formula is C7H9N3O. The smallest absolute Gasteiger partial charge is 0.360 e. The van der Waals surface area contributed by atoms with Crippen LogP contribution in [0.25, 0.3) is 5.53 Å². The summed E-state index contributed by atoms with van der Waals surface area (Å²) in [6.45, 7) is 4.95. The molecule has 0 fully saturated rings. The van der Waals surface area contributed by atoms with E-state index in [4.69, 9.17) is 10.8 Å². The van der Waals surface area contributed by atoms with Crippen LogP contribution in [0, 0.1) is 16.7 Å². The lowest BCUT2D eigenvalue weighted by Gasteiger charge is -2.09. The van der Waals surface area contributed by atoms with E-state index in [-0.39, 0.29) is 0 Å². The summed E-state index contributed by atoms with van der Waals surface area (Å²) < 4.78 is 0. The van der Waals surface area contributed by atoms with Crippen molar-refractivity contribution < 1.29 is 9.58 Å². The average Bonchev–Trinajstić information content (AvgIpc) is 1.88. The van der Waals surface area contributed by atoms with Gasteiger partial charge in [0.15, 0.2) is 6.07 Å². The van der Waals surface area contributed by atoms with Crippen molar-refractivity contribution in [2.45, 2.75) is 20.8 Å². The Kier molecular flexibility index (Phi) is 2.68. The van der Waals surface area contributed by atoms with Gasteiger partial charge in [0.25, 0.3) is 5.78 Å². The van der Waals surface area contributed by atoms with Crippen LogP contribution in [-0.4, -0.2) is 16.3 Å². The van der Waals surface area contributed by atoms with E-state index in [9.17, 15) is 4.79 Å². The Hall–Kier alpha value is -1.46. The van der Waals surface area contributed by atoms with Crippen molar-refractivity contribution in [2.75, 3.05) is 0 Å². The van der Waals surface area contributed by atoms with E-state index in [1.54, 1.807) is 20.8 Å². The molecule has 0 unspecified atom stereocenters. The third kappa shape index (κ3) is 2.32. The molecule has 0 atom stereocenters. The van der Waals surface area contributed by atoms with Crippen LogP contribution >= 0.6 is 0 Å². The van der Waals surface area contributed by atoms with Gasteiger partial charge in [0, 0.05) is 5.41 Å². The van der Waals surface area contributed by atoms with Crippen LogP contribution < -0.4 is 0 Å². The zero-order chi connectivity index (χ0) is 9.07. The molecule has 0 heterocycles. The molecule has 0 spiro atoms. The molecule has 0 aromatic carbocycles. The number of Topliss-reactive ketones (excluding diaryl/α,β-unsaturated/α-hetero) is 1. The first-order valence-corrected chi connectivity index (χ1v) is 3.10. The van der Waals surface area contributed by atoms with E-state index >= 15 is 0 Å². The molecule has 0 radical (unpaired) electrons. The van der Waals surface area contributed by atoms with Crippen molar-refractivity contribution in [3.63, 3.8) is 0 Å². The maximum absolute atomic E-state index is 11.1. The summed E-state index contributed by atoms with van der Waals surface area (Å²) in [6.07, 6.45) is 0. The van der Waals surface area contributed by atoms with E-state index in [0.717, 1.165) is 0 Å². The lowest BCUT2D eigenvalue weighted by molar-refractivity contribution is -0.123. The topological polar surface area (TPSA) is 77.3 Å². The third-order valence-electron chi connectivity index (χ3n) is 1.10. The van der Waals surface area contributed by atoms with Gasteiger partial charge in [0.1, 0.15) is 0 Å². The summed E-state index contributed by atoms with van der Waals surface area (Å²) in [7, 11) is 0. The molecule has 0 saturated carbocycles. The van der Waals surface area contributed by atoms with Crippen molar-refractivity contribution in [2.24, 2.45) is 5.41 Å². The van der Waals surface area contributed by atoms with Gasteiger partial charge < -0.3 is 5.53 Å². The summed E-state index contributed by atoms with van der Waals surface area (Å²) in [5.41, 5.74) is 7.09. The molecule has 58 valence electrons. The number of hydrogen-bond acceptors (Lipinski definition) is 2. The highest BCUT2D eigenvalue weighted by atomic mass is 16.1. The van der Waals surface area contributed by atoms with Crippen LogP contribution in [0.2, 0.25) is 0 Å². The van der Waals surface area contributed by atoms with Crippen molar-refractivity contribution in [1.82, 2.24) is 0 Å². The Morgan fingerprint density at radius 1 is 1.55 bits per heavy atom. The summed E-state index contributed by atoms with van der Waals surface area (Å²) in [5, 5.41) is 8.30. The van der Waals surface area contributed by atoms with E-state index < -0.39 is 16.9 Å². The van der Waals surface area contributed by atoms with Gasteiger partial charge in [-0.05, 0) is 0 Å². The van der Waals surface area contributed by atoms with Gasteiger partial charge in [-0.3, -0.25) is 4.79 Å². The quantitative estimate of drug-likeness (QED) is 0.315. The van der Waals surface area contributed by atoms with Crippen LogP contribution in [0.5, 0.6) is 0 Å². The predicted octanol–water partition coefficient (Wildman–Crippen LogP) is 0.796. The zero-order valence-electron chi connectivity index (χ0n) is 6.75. The Morgan fingerprint density at radius 2 is 2.00 bits per heavy atom. The lowest BCUT2D eigenvalue weighted by Crippen LogP contribution is -2.28. The zero-order valence-corrected chi connectivity index (χ0v) is 6.75. The summed E-state index contributed by atoms with van der Waals surface area (Å²) in [5.74, 6) is -0.456. The molecule has 0 amide bonds. The van der Waals surface area contributed by atoms with Gasteiger partial charge in [-0.1, -0.05) is 20.8 Å².